The third-order valence-corrected chi connectivity index (χ3v) is 8.23. The SMILES string of the molecule is C[C@@H](C(=O)NC(C)(C)C)N(Cc1ccc(Br)cc1)C(=O)CN(c1ccc(Cl)cc1)S(=O)(=O)c1ccccc1. The van der Waals surface area contributed by atoms with Gasteiger partial charge in [0.2, 0.25) is 11.8 Å². The molecular weight excluding hydrogens is 590 g/mol. The lowest BCUT2D eigenvalue weighted by molar-refractivity contribution is -0.140. The van der Waals surface area contributed by atoms with Crippen molar-refractivity contribution in [2.24, 2.45) is 0 Å². The summed E-state index contributed by atoms with van der Waals surface area (Å²) in [5, 5.41) is 3.34. The molecule has 3 rings (SSSR count). The predicted octanol–water partition coefficient (Wildman–Crippen LogP) is 5.63. The second-order valence-electron chi connectivity index (χ2n) is 9.86. The van der Waals surface area contributed by atoms with Crippen LogP contribution >= 0.6 is 27.5 Å². The highest BCUT2D eigenvalue weighted by molar-refractivity contribution is 9.10. The van der Waals surface area contributed by atoms with Gasteiger partial charge in [-0.25, -0.2) is 8.42 Å². The Morgan fingerprint density at radius 2 is 1.53 bits per heavy atom. The minimum Gasteiger partial charge on any atom is -0.350 e. The first kappa shape index (κ1) is 29.7. The number of sulfonamides is 1. The lowest BCUT2D eigenvalue weighted by Gasteiger charge is -2.33. The molecule has 0 radical (unpaired) electrons. The van der Waals surface area contributed by atoms with Crippen molar-refractivity contribution in [2.45, 2.75) is 50.7 Å². The molecule has 0 saturated heterocycles. The van der Waals surface area contributed by atoms with Crippen LogP contribution in [0.1, 0.15) is 33.3 Å². The molecular formula is C28H31BrClN3O4S. The molecule has 202 valence electrons. The van der Waals surface area contributed by atoms with Gasteiger partial charge in [-0.3, -0.25) is 13.9 Å². The molecule has 0 heterocycles. The predicted molar refractivity (Wildman–Crippen MR) is 154 cm³/mol. The Morgan fingerprint density at radius 1 is 0.947 bits per heavy atom. The third kappa shape index (κ3) is 7.82. The molecule has 3 aromatic rings. The molecule has 3 aromatic carbocycles. The Labute approximate surface area is 238 Å². The van der Waals surface area contributed by atoms with Crippen LogP contribution in [-0.2, 0) is 26.2 Å². The number of hydrogen-bond acceptors (Lipinski definition) is 4. The van der Waals surface area contributed by atoms with E-state index in [4.69, 9.17) is 11.6 Å². The van der Waals surface area contributed by atoms with Gasteiger partial charge in [-0.2, -0.15) is 0 Å². The van der Waals surface area contributed by atoms with Gasteiger partial charge in [0, 0.05) is 21.6 Å². The number of nitrogens with one attached hydrogen (secondary N) is 1. The highest BCUT2D eigenvalue weighted by atomic mass is 79.9. The Morgan fingerprint density at radius 3 is 2.08 bits per heavy atom. The van der Waals surface area contributed by atoms with E-state index in [1.54, 1.807) is 49.4 Å². The number of halogens is 2. The number of hydrogen-bond donors (Lipinski definition) is 1. The second-order valence-corrected chi connectivity index (χ2v) is 13.1. The van der Waals surface area contributed by atoms with E-state index in [9.17, 15) is 18.0 Å². The van der Waals surface area contributed by atoms with Gasteiger partial charge in [-0.05, 0) is 81.8 Å². The van der Waals surface area contributed by atoms with E-state index in [0.717, 1.165) is 14.3 Å². The summed E-state index contributed by atoms with van der Waals surface area (Å²) in [5.74, 6) is -0.870. The fourth-order valence-electron chi connectivity index (χ4n) is 3.70. The minimum atomic E-state index is -4.11. The molecule has 0 aliphatic carbocycles. The molecule has 38 heavy (non-hydrogen) atoms. The highest BCUT2D eigenvalue weighted by Gasteiger charge is 2.33. The van der Waals surface area contributed by atoms with Gasteiger partial charge in [-0.1, -0.05) is 57.9 Å². The Hall–Kier alpha value is -2.88. The van der Waals surface area contributed by atoms with Gasteiger partial charge in [-0.15, -0.1) is 0 Å². The van der Waals surface area contributed by atoms with E-state index in [1.165, 1.54) is 17.0 Å². The van der Waals surface area contributed by atoms with Crippen molar-refractivity contribution in [2.75, 3.05) is 10.8 Å². The summed E-state index contributed by atoms with van der Waals surface area (Å²) >= 11 is 9.45. The lowest BCUT2D eigenvalue weighted by atomic mass is 10.1. The molecule has 7 nitrogen and oxygen atoms in total. The van der Waals surface area contributed by atoms with E-state index in [2.05, 4.69) is 21.2 Å². The van der Waals surface area contributed by atoms with Crippen molar-refractivity contribution in [3.8, 4) is 0 Å². The molecule has 0 bridgehead atoms. The van der Waals surface area contributed by atoms with Crippen LogP contribution in [0.25, 0.3) is 0 Å². The van der Waals surface area contributed by atoms with Crippen LogP contribution in [-0.4, -0.2) is 43.3 Å². The first-order valence-corrected chi connectivity index (χ1v) is 14.6. The smallest absolute Gasteiger partial charge is 0.264 e. The van der Waals surface area contributed by atoms with Gasteiger partial charge in [0.15, 0.2) is 0 Å². The third-order valence-electron chi connectivity index (χ3n) is 5.66. The summed E-state index contributed by atoms with van der Waals surface area (Å²) in [6.45, 7) is 6.80. The summed E-state index contributed by atoms with van der Waals surface area (Å²) in [4.78, 5) is 28.4. The van der Waals surface area contributed by atoms with Gasteiger partial charge >= 0.3 is 0 Å². The van der Waals surface area contributed by atoms with Crippen molar-refractivity contribution in [3.05, 3.63) is 93.9 Å². The number of rotatable bonds is 9. The molecule has 10 heteroatoms. The monoisotopic (exact) mass is 619 g/mol. The molecule has 1 atom stereocenters. The molecule has 0 aromatic heterocycles. The Bertz CT molecular complexity index is 1360. The van der Waals surface area contributed by atoms with Crippen LogP contribution in [0.2, 0.25) is 5.02 Å². The number of amides is 2. The molecule has 0 spiro atoms. The minimum absolute atomic E-state index is 0.0423. The molecule has 0 unspecified atom stereocenters. The van der Waals surface area contributed by atoms with E-state index < -0.39 is 34.1 Å². The van der Waals surface area contributed by atoms with E-state index >= 15 is 0 Å². The van der Waals surface area contributed by atoms with E-state index in [-0.39, 0.29) is 23.0 Å². The van der Waals surface area contributed by atoms with Crippen molar-refractivity contribution in [3.63, 3.8) is 0 Å². The summed E-state index contributed by atoms with van der Waals surface area (Å²) in [5.41, 5.74) is 0.562. The normalized spacial score (nSPS) is 12.5. The Kier molecular flexibility index (Phi) is 9.62. The van der Waals surface area contributed by atoms with Gasteiger partial charge < -0.3 is 10.2 Å². The number of nitrogens with zero attached hydrogens (tertiary/aromatic N) is 2. The van der Waals surface area contributed by atoms with Gasteiger partial charge in [0.25, 0.3) is 10.0 Å². The fraction of sp³-hybridized carbons (Fsp3) is 0.286. The average molecular weight is 621 g/mol. The van der Waals surface area contributed by atoms with Gasteiger partial charge in [0.1, 0.15) is 12.6 Å². The van der Waals surface area contributed by atoms with Crippen LogP contribution in [0.5, 0.6) is 0 Å². The fourth-order valence-corrected chi connectivity index (χ4v) is 5.52. The van der Waals surface area contributed by atoms with E-state index in [1.807, 2.05) is 45.0 Å². The summed E-state index contributed by atoms with van der Waals surface area (Å²) in [6, 6.07) is 20.6. The van der Waals surface area contributed by atoms with Gasteiger partial charge in [0.05, 0.1) is 10.6 Å². The van der Waals surface area contributed by atoms with Crippen molar-refractivity contribution < 1.29 is 18.0 Å². The maximum Gasteiger partial charge on any atom is 0.264 e. The summed E-state index contributed by atoms with van der Waals surface area (Å²) in [7, 11) is -4.11. The van der Waals surface area contributed by atoms with Crippen LogP contribution in [0.3, 0.4) is 0 Å². The maximum absolute atomic E-state index is 13.9. The first-order valence-electron chi connectivity index (χ1n) is 12.0. The number of benzene rings is 3. The van der Waals surface area contributed by atoms with Crippen molar-refractivity contribution >= 4 is 55.1 Å². The van der Waals surface area contributed by atoms with Crippen LogP contribution < -0.4 is 9.62 Å². The number of anilines is 1. The van der Waals surface area contributed by atoms with Crippen molar-refractivity contribution in [1.82, 2.24) is 10.2 Å². The molecule has 1 N–H and O–H groups in total. The summed E-state index contributed by atoms with van der Waals surface area (Å²) in [6.07, 6.45) is 0. The largest absolute Gasteiger partial charge is 0.350 e. The van der Waals surface area contributed by atoms with Crippen molar-refractivity contribution in [1.29, 1.82) is 0 Å². The quantitative estimate of drug-likeness (QED) is 0.336. The van der Waals surface area contributed by atoms with Crippen LogP contribution in [0.15, 0.2) is 88.2 Å². The summed E-state index contributed by atoms with van der Waals surface area (Å²) < 4.78 is 29.3. The van der Waals surface area contributed by atoms with E-state index in [0.29, 0.717) is 5.02 Å². The highest BCUT2D eigenvalue weighted by Crippen LogP contribution is 2.26. The Balaban J connectivity index is 2.01. The lowest BCUT2D eigenvalue weighted by Crippen LogP contribution is -2.54. The first-order chi connectivity index (χ1) is 17.8. The maximum atomic E-state index is 13.9. The standard InChI is InChI=1S/C28H31BrClN3O4S/c1-20(27(35)31-28(2,3)4)32(18-21-10-12-22(29)13-11-21)26(34)19-33(24-16-14-23(30)15-17-24)38(36,37)25-8-6-5-7-9-25/h5-17,20H,18-19H2,1-4H3,(H,31,35)/t20-/m0/s1. The average Bonchev–Trinajstić information content (AvgIpc) is 2.86. The molecule has 2 amide bonds. The molecule has 0 saturated carbocycles. The number of carbonyl (C=O) groups is 2. The molecule has 0 fully saturated rings. The van der Waals surface area contributed by atoms with Crippen LogP contribution in [0.4, 0.5) is 5.69 Å². The number of carbonyl (C=O) groups excluding carboxylic acids is 2. The molecule has 0 aliphatic heterocycles. The zero-order valence-electron chi connectivity index (χ0n) is 21.7. The molecule has 0 aliphatic rings. The zero-order chi connectivity index (χ0) is 28.1. The zero-order valence-corrected chi connectivity index (χ0v) is 24.8. The topological polar surface area (TPSA) is 86.8 Å². The van der Waals surface area contributed by atoms with Crippen LogP contribution in [0, 0.1) is 0 Å². The second kappa shape index (κ2) is 12.3.